The molecule has 1 atom stereocenters. The molecular weight excluding hydrogens is 300 g/mol. The molecule has 0 aromatic heterocycles. The highest BCUT2D eigenvalue weighted by molar-refractivity contribution is 5.79. The van der Waals surface area contributed by atoms with Crippen LogP contribution in [0.1, 0.15) is 53.4 Å². The zero-order valence-electron chi connectivity index (χ0n) is 16.6. The molecule has 1 heterocycles. The second-order valence-electron chi connectivity index (χ2n) is 7.19. The van der Waals surface area contributed by atoms with Crippen LogP contribution in [-0.4, -0.2) is 63.3 Å². The summed E-state index contributed by atoms with van der Waals surface area (Å²) in [6, 6.07) is 0. The van der Waals surface area contributed by atoms with Crippen LogP contribution in [0.5, 0.6) is 0 Å². The molecule has 0 aromatic carbocycles. The van der Waals surface area contributed by atoms with Gasteiger partial charge < -0.3 is 20.3 Å². The highest BCUT2D eigenvalue weighted by Crippen LogP contribution is 2.16. The van der Waals surface area contributed by atoms with Gasteiger partial charge in [-0.1, -0.05) is 20.8 Å². The third kappa shape index (κ3) is 8.34. The van der Waals surface area contributed by atoms with Crippen LogP contribution in [0.15, 0.2) is 4.99 Å². The summed E-state index contributed by atoms with van der Waals surface area (Å²) in [5.74, 6) is 2.24. The number of aliphatic imine (C=N–C) groups is 1. The molecule has 1 unspecified atom stereocenters. The fourth-order valence-corrected chi connectivity index (χ4v) is 3.35. The lowest BCUT2D eigenvalue weighted by Crippen LogP contribution is -2.43. The van der Waals surface area contributed by atoms with Crippen LogP contribution in [0, 0.1) is 11.8 Å². The number of hydrogen-bond donors (Lipinski definition) is 2. The van der Waals surface area contributed by atoms with Crippen molar-refractivity contribution in [1.29, 1.82) is 0 Å². The molecule has 0 aromatic rings. The largest absolute Gasteiger partial charge is 0.378 e. The SMILES string of the molecule is CCCN1CCC(CNC(=NC)NCCC(OCC)C(C)C)CC1. The predicted molar refractivity (Wildman–Crippen MR) is 104 cm³/mol. The van der Waals surface area contributed by atoms with Gasteiger partial charge in [-0.05, 0) is 64.1 Å². The van der Waals surface area contributed by atoms with Crippen molar-refractivity contribution in [1.82, 2.24) is 15.5 Å². The first-order chi connectivity index (χ1) is 11.6. The summed E-state index contributed by atoms with van der Waals surface area (Å²) in [6.45, 7) is 15.2. The van der Waals surface area contributed by atoms with E-state index < -0.39 is 0 Å². The lowest BCUT2D eigenvalue weighted by molar-refractivity contribution is 0.0258. The van der Waals surface area contributed by atoms with Crippen molar-refractivity contribution in [2.45, 2.75) is 59.5 Å². The molecule has 0 spiro atoms. The molecule has 24 heavy (non-hydrogen) atoms. The van der Waals surface area contributed by atoms with Gasteiger partial charge in [-0.25, -0.2) is 0 Å². The Kier molecular flexibility index (Phi) is 11.1. The molecule has 0 saturated carbocycles. The Morgan fingerprint density at radius 3 is 2.46 bits per heavy atom. The number of hydrogen-bond acceptors (Lipinski definition) is 3. The van der Waals surface area contributed by atoms with Crippen molar-refractivity contribution >= 4 is 5.96 Å². The van der Waals surface area contributed by atoms with E-state index in [4.69, 9.17) is 4.74 Å². The molecule has 2 N–H and O–H groups in total. The maximum atomic E-state index is 5.80. The van der Waals surface area contributed by atoms with Crippen molar-refractivity contribution in [3.63, 3.8) is 0 Å². The highest BCUT2D eigenvalue weighted by atomic mass is 16.5. The van der Waals surface area contributed by atoms with E-state index in [0.29, 0.717) is 12.0 Å². The van der Waals surface area contributed by atoms with E-state index in [1.807, 2.05) is 7.05 Å². The molecule has 1 saturated heterocycles. The zero-order valence-corrected chi connectivity index (χ0v) is 16.6. The van der Waals surface area contributed by atoms with Gasteiger partial charge in [0.1, 0.15) is 0 Å². The monoisotopic (exact) mass is 340 g/mol. The number of nitrogens with zero attached hydrogens (tertiary/aromatic N) is 2. The Labute approximate surface area is 149 Å². The summed E-state index contributed by atoms with van der Waals surface area (Å²) in [6.07, 6.45) is 5.19. The van der Waals surface area contributed by atoms with E-state index >= 15 is 0 Å². The van der Waals surface area contributed by atoms with Gasteiger partial charge >= 0.3 is 0 Å². The molecule has 1 rings (SSSR count). The fourth-order valence-electron chi connectivity index (χ4n) is 3.35. The van der Waals surface area contributed by atoms with Crippen LogP contribution < -0.4 is 10.6 Å². The Morgan fingerprint density at radius 1 is 1.21 bits per heavy atom. The number of nitrogens with one attached hydrogen (secondary N) is 2. The molecular formula is C19H40N4O. The topological polar surface area (TPSA) is 48.9 Å². The number of rotatable bonds is 10. The van der Waals surface area contributed by atoms with Crippen molar-refractivity contribution in [3.8, 4) is 0 Å². The zero-order chi connectivity index (χ0) is 17.8. The van der Waals surface area contributed by atoms with Gasteiger partial charge in [-0.3, -0.25) is 4.99 Å². The minimum absolute atomic E-state index is 0.323. The van der Waals surface area contributed by atoms with Crippen LogP contribution in [0.25, 0.3) is 0 Å². The molecule has 142 valence electrons. The van der Waals surface area contributed by atoms with Gasteiger partial charge in [0.2, 0.25) is 0 Å². The van der Waals surface area contributed by atoms with E-state index in [0.717, 1.165) is 38.0 Å². The minimum Gasteiger partial charge on any atom is -0.378 e. The summed E-state index contributed by atoms with van der Waals surface area (Å²) < 4.78 is 5.80. The molecule has 0 aliphatic carbocycles. The van der Waals surface area contributed by atoms with Crippen LogP contribution in [0.2, 0.25) is 0 Å². The molecule has 0 bridgehead atoms. The number of piperidine rings is 1. The second-order valence-corrected chi connectivity index (χ2v) is 7.19. The average molecular weight is 341 g/mol. The summed E-state index contributed by atoms with van der Waals surface area (Å²) in [5.41, 5.74) is 0. The quantitative estimate of drug-likeness (QED) is 0.474. The van der Waals surface area contributed by atoms with Crippen molar-refractivity contribution in [3.05, 3.63) is 0 Å². The summed E-state index contributed by atoms with van der Waals surface area (Å²) in [5, 5.41) is 6.93. The van der Waals surface area contributed by atoms with Crippen LogP contribution in [0.4, 0.5) is 0 Å². The van der Waals surface area contributed by atoms with Gasteiger partial charge in [-0.2, -0.15) is 0 Å². The smallest absolute Gasteiger partial charge is 0.190 e. The Balaban J connectivity index is 2.21. The molecule has 1 aliphatic heterocycles. The predicted octanol–water partition coefficient (Wildman–Crippen LogP) is 2.72. The van der Waals surface area contributed by atoms with Crippen molar-refractivity contribution < 1.29 is 4.74 Å². The molecule has 5 heteroatoms. The molecule has 0 radical (unpaired) electrons. The lowest BCUT2D eigenvalue weighted by atomic mass is 9.97. The molecule has 1 aliphatic rings. The summed E-state index contributed by atoms with van der Waals surface area (Å²) >= 11 is 0. The van der Waals surface area contributed by atoms with Crippen LogP contribution in [0.3, 0.4) is 0 Å². The van der Waals surface area contributed by atoms with Gasteiger partial charge in [0.15, 0.2) is 5.96 Å². The second kappa shape index (κ2) is 12.5. The van der Waals surface area contributed by atoms with Gasteiger partial charge in [-0.15, -0.1) is 0 Å². The van der Waals surface area contributed by atoms with Crippen molar-refractivity contribution in [2.24, 2.45) is 16.8 Å². The van der Waals surface area contributed by atoms with E-state index in [-0.39, 0.29) is 0 Å². The van der Waals surface area contributed by atoms with E-state index in [1.165, 1.54) is 38.9 Å². The lowest BCUT2D eigenvalue weighted by Gasteiger charge is -2.32. The van der Waals surface area contributed by atoms with Gasteiger partial charge in [0, 0.05) is 26.7 Å². The summed E-state index contributed by atoms with van der Waals surface area (Å²) in [4.78, 5) is 6.93. The van der Waals surface area contributed by atoms with Crippen molar-refractivity contribution in [2.75, 3.05) is 46.4 Å². The van der Waals surface area contributed by atoms with Crippen LogP contribution in [-0.2, 0) is 4.74 Å². The average Bonchev–Trinajstić information content (AvgIpc) is 2.58. The first-order valence-corrected chi connectivity index (χ1v) is 9.89. The fraction of sp³-hybridized carbons (Fsp3) is 0.947. The van der Waals surface area contributed by atoms with Crippen LogP contribution >= 0.6 is 0 Å². The number of guanidine groups is 1. The standard InChI is InChI=1S/C19H40N4O/c1-6-12-23-13-9-17(10-14-23)15-22-19(20-5)21-11-8-18(16(3)4)24-7-2/h16-18H,6-15H2,1-5H3,(H2,20,21,22). The third-order valence-corrected chi connectivity index (χ3v) is 4.87. The normalized spacial score (nSPS) is 18.8. The Bertz CT molecular complexity index is 338. The molecule has 5 nitrogen and oxygen atoms in total. The Hall–Kier alpha value is -0.810. The summed E-state index contributed by atoms with van der Waals surface area (Å²) in [7, 11) is 1.85. The number of likely N-dealkylation sites (tertiary alicyclic amines) is 1. The maximum Gasteiger partial charge on any atom is 0.190 e. The third-order valence-electron chi connectivity index (χ3n) is 4.87. The van der Waals surface area contributed by atoms with E-state index in [9.17, 15) is 0 Å². The van der Waals surface area contributed by atoms with E-state index in [1.54, 1.807) is 0 Å². The number of ether oxygens (including phenoxy) is 1. The maximum absolute atomic E-state index is 5.80. The highest BCUT2D eigenvalue weighted by Gasteiger charge is 2.18. The van der Waals surface area contributed by atoms with E-state index in [2.05, 4.69) is 48.2 Å². The first kappa shape index (κ1) is 21.2. The first-order valence-electron chi connectivity index (χ1n) is 9.89. The Morgan fingerprint density at radius 2 is 1.92 bits per heavy atom. The van der Waals surface area contributed by atoms with Gasteiger partial charge in [0.05, 0.1) is 6.10 Å². The van der Waals surface area contributed by atoms with Gasteiger partial charge in [0.25, 0.3) is 0 Å². The molecule has 1 fully saturated rings. The minimum atomic E-state index is 0.323. The molecule has 0 amide bonds.